The highest BCUT2D eigenvalue weighted by atomic mass is 16.5. The second-order valence-corrected chi connectivity index (χ2v) is 7.82. The second-order valence-electron chi connectivity index (χ2n) is 7.82. The van der Waals surface area contributed by atoms with Crippen molar-refractivity contribution in [2.24, 2.45) is 0 Å². The van der Waals surface area contributed by atoms with E-state index in [9.17, 15) is 4.79 Å². The summed E-state index contributed by atoms with van der Waals surface area (Å²) in [5.41, 5.74) is 2.53. The Morgan fingerprint density at radius 2 is 1.61 bits per heavy atom. The lowest BCUT2D eigenvalue weighted by atomic mass is 9.82. The Kier molecular flexibility index (Phi) is 5.19. The third-order valence-corrected chi connectivity index (χ3v) is 6.00. The van der Waals surface area contributed by atoms with Gasteiger partial charge in [-0.2, -0.15) is 0 Å². The van der Waals surface area contributed by atoms with Crippen molar-refractivity contribution in [2.75, 3.05) is 43.1 Å². The molecule has 0 N–H and O–H groups in total. The molecule has 0 spiro atoms. The van der Waals surface area contributed by atoms with E-state index in [2.05, 4.69) is 24.8 Å². The first-order valence-electron chi connectivity index (χ1n) is 10.5. The number of para-hydroxylation sites is 1. The molecule has 0 bridgehead atoms. The number of ether oxygens (including phenoxy) is 1. The van der Waals surface area contributed by atoms with Crippen LogP contribution in [0.1, 0.15) is 34.0 Å². The van der Waals surface area contributed by atoms with Crippen molar-refractivity contribution in [3.05, 3.63) is 65.7 Å². The van der Waals surface area contributed by atoms with Crippen molar-refractivity contribution in [1.82, 2.24) is 19.9 Å². The van der Waals surface area contributed by atoms with Gasteiger partial charge in [0, 0.05) is 57.1 Å². The molecule has 1 aliphatic carbocycles. The van der Waals surface area contributed by atoms with Crippen LogP contribution < -0.4 is 14.5 Å². The third kappa shape index (κ3) is 3.81. The SMILES string of the molecule is COc1ccccc1C1CC(=O)c2cnc(N3CCN(c4ncccn4)CC3)nc2C1. The minimum Gasteiger partial charge on any atom is -0.496 e. The summed E-state index contributed by atoms with van der Waals surface area (Å²) >= 11 is 0. The lowest BCUT2D eigenvalue weighted by Gasteiger charge is -2.35. The monoisotopic (exact) mass is 416 g/mol. The van der Waals surface area contributed by atoms with Crippen LogP contribution in [0.3, 0.4) is 0 Å². The number of carbonyl (C=O) groups is 1. The fraction of sp³-hybridized carbons (Fsp3) is 0.348. The van der Waals surface area contributed by atoms with Gasteiger partial charge in [0.05, 0.1) is 18.4 Å². The summed E-state index contributed by atoms with van der Waals surface area (Å²) < 4.78 is 5.52. The fourth-order valence-electron chi connectivity index (χ4n) is 4.37. The van der Waals surface area contributed by atoms with E-state index in [1.165, 1.54) is 0 Å². The largest absolute Gasteiger partial charge is 0.496 e. The summed E-state index contributed by atoms with van der Waals surface area (Å²) in [4.78, 5) is 35.1. The first-order chi connectivity index (χ1) is 15.2. The van der Waals surface area contributed by atoms with Gasteiger partial charge in [-0.15, -0.1) is 0 Å². The minimum absolute atomic E-state index is 0.0611. The molecular weight excluding hydrogens is 392 g/mol. The molecule has 1 unspecified atom stereocenters. The molecule has 8 nitrogen and oxygen atoms in total. The van der Waals surface area contributed by atoms with Gasteiger partial charge in [-0.3, -0.25) is 4.79 Å². The molecule has 3 aromatic rings. The van der Waals surface area contributed by atoms with Crippen molar-refractivity contribution in [3.8, 4) is 5.75 Å². The molecule has 31 heavy (non-hydrogen) atoms. The minimum atomic E-state index is 0.0611. The van der Waals surface area contributed by atoms with E-state index in [1.807, 2.05) is 30.3 Å². The molecule has 8 heteroatoms. The molecule has 1 fully saturated rings. The fourth-order valence-corrected chi connectivity index (χ4v) is 4.37. The van der Waals surface area contributed by atoms with E-state index in [1.54, 1.807) is 25.7 Å². The molecular formula is C23H24N6O2. The van der Waals surface area contributed by atoms with Gasteiger partial charge in [0.2, 0.25) is 11.9 Å². The molecule has 1 saturated heterocycles. The number of anilines is 2. The van der Waals surface area contributed by atoms with Gasteiger partial charge in [0.1, 0.15) is 5.75 Å². The molecule has 0 radical (unpaired) electrons. The molecule has 2 aliphatic rings. The maximum atomic E-state index is 12.8. The van der Waals surface area contributed by atoms with Crippen molar-refractivity contribution in [1.29, 1.82) is 0 Å². The van der Waals surface area contributed by atoms with Crippen LogP contribution in [-0.2, 0) is 6.42 Å². The average molecular weight is 416 g/mol. The predicted octanol–water partition coefficient (Wildman–Crippen LogP) is 2.51. The van der Waals surface area contributed by atoms with Crippen LogP contribution in [0.15, 0.2) is 48.9 Å². The van der Waals surface area contributed by atoms with Crippen LogP contribution in [0.4, 0.5) is 11.9 Å². The van der Waals surface area contributed by atoms with Crippen LogP contribution in [0.25, 0.3) is 0 Å². The summed E-state index contributed by atoms with van der Waals surface area (Å²) in [5, 5.41) is 0. The zero-order valence-corrected chi connectivity index (χ0v) is 17.4. The van der Waals surface area contributed by atoms with Crippen LogP contribution >= 0.6 is 0 Å². The quantitative estimate of drug-likeness (QED) is 0.642. The summed E-state index contributed by atoms with van der Waals surface area (Å²) in [5.74, 6) is 2.40. The second kappa shape index (κ2) is 8.29. The summed E-state index contributed by atoms with van der Waals surface area (Å²) in [6.07, 6.45) is 6.37. The lowest BCUT2D eigenvalue weighted by Crippen LogP contribution is -2.47. The Morgan fingerprint density at radius 1 is 0.903 bits per heavy atom. The molecule has 1 atom stereocenters. The van der Waals surface area contributed by atoms with Crippen LogP contribution in [-0.4, -0.2) is 59.0 Å². The number of fused-ring (bicyclic) bond motifs is 1. The van der Waals surface area contributed by atoms with E-state index < -0.39 is 0 Å². The molecule has 158 valence electrons. The number of Topliss-reactive ketones (excluding diaryl/α,β-unsaturated/α-hetero) is 1. The standard InChI is InChI=1S/C23H24N6O2/c1-31-21-6-3-2-5-17(21)16-13-19-18(20(30)14-16)15-26-23(27-19)29-11-9-28(10-12-29)22-24-7-4-8-25-22/h2-8,15-16H,9-14H2,1H3. The summed E-state index contributed by atoms with van der Waals surface area (Å²) in [6.45, 7) is 3.16. The van der Waals surface area contributed by atoms with Crippen molar-refractivity contribution in [2.45, 2.75) is 18.8 Å². The number of carbonyl (C=O) groups excluding carboxylic acids is 1. The Labute approximate surface area is 180 Å². The van der Waals surface area contributed by atoms with Crippen molar-refractivity contribution in [3.63, 3.8) is 0 Å². The third-order valence-electron chi connectivity index (χ3n) is 6.00. The van der Waals surface area contributed by atoms with Gasteiger partial charge in [0.15, 0.2) is 5.78 Å². The van der Waals surface area contributed by atoms with E-state index in [4.69, 9.17) is 9.72 Å². The summed E-state index contributed by atoms with van der Waals surface area (Å²) in [7, 11) is 1.66. The number of methoxy groups -OCH3 is 1. The van der Waals surface area contributed by atoms with Crippen molar-refractivity contribution < 1.29 is 9.53 Å². The van der Waals surface area contributed by atoms with E-state index >= 15 is 0 Å². The zero-order chi connectivity index (χ0) is 21.2. The van der Waals surface area contributed by atoms with E-state index in [0.29, 0.717) is 24.4 Å². The number of piperazine rings is 1. The number of hydrogen-bond donors (Lipinski definition) is 0. The highest BCUT2D eigenvalue weighted by Crippen LogP contribution is 2.36. The Bertz CT molecular complexity index is 1080. The lowest BCUT2D eigenvalue weighted by molar-refractivity contribution is 0.0962. The molecule has 5 rings (SSSR count). The molecule has 1 aliphatic heterocycles. The Balaban J connectivity index is 1.34. The molecule has 0 saturated carbocycles. The highest BCUT2D eigenvalue weighted by Gasteiger charge is 2.30. The van der Waals surface area contributed by atoms with Gasteiger partial charge in [-0.1, -0.05) is 18.2 Å². The van der Waals surface area contributed by atoms with Crippen molar-refractivity contribution >= 4 is 17.7 Å². The topological polar surface area (TPSA) is 84.3 Å². The smallest absolute Gasteiger partial charge is 0.225 e. The van der Waals surface area contributed by atoms with Gasteiger partial charge < -0.3 is 14.5 Å². The zero-order valence-electron chi connectivity index (χ0n) is 17.4. The average Bonchev–Trinajstić information content (AvgIpc) is 2.84. The normalized spacial score (nSPS) is 18.6. The Morgan fingerprint density at radius 3 is 2.35 bits per heavy atom. The number of rotatable bonds is 4. The van der Waals surface area contributed by atoms with E-state index in [-0.39, 0.29) is 11.7 Å². The molecule has 2 aromatic heterocycles. The first-order valence-corrected chi connectivity index (χ1v) is 10.5. The number of aromatic nitrogens is 4. The van der Waals surface area contributed by atoms with E-state index in [0.717, 1.165) is 49.1 Å². The number of hydrogen-bond acceptors (Lipinski definition) is 8. The maximum absolute atomic E-state index is 12.8. The van der Waals surface area contributed by atoms with Gasteiger partial charge in [-0.05, 0) is 24.1 Å². The van der Waals surface area contributed by atoms with Crippen LogP contribution in [0, 0.1) is 0 Å². The molecule has 1 aromatic carbocycles. The summed E-state index contributed by atoms with van der Waals surface area (Å²) in [6, 6.07) is 9.73. The molecule has 3 heterocycles. The van der Waals surface area contributed by atoms with Crippen LogP contribution in [0.2, 0.25) is 0 Å². The number of benzene rings is 1. The van der Waals surface area contributed by atoms with Crippen LogP contribution in [0.5, 0.6) is 5.75 Å². The number of nitrogens with zero attached hydrogens (tertiary/aromatic N) is 6. The van der Waals surface area contributed by atoms with Gasteiger partial charge in [0.25, 0.3) is 0 Å². The van der Waals surface area contributed by atoms with Gasteiger partial charge in [-0.25, -0.2) is 19.9 Å². The highest BCUT2D eigenvalue weighted by molar-refractivity contribution is 5.98. The maximum Gasteiger partial charge on any atom is 0.225 e. The molecule has 0 amide bonds. The Hall–Kier alpha value is -3.55. The predicted molar refractivity (Wildman–Crippen MR) is 117 cm³/mol. The van der Waals surface area contributed by atoms with Gasteiger partial charge >= 0.3 is 0 Å². The number of ketones is 1. The first kappa shape index (κ1) is 19.4.